The van der Waals surface area contributed by atoms with Crippen molar-refractivity contribution in [1.82, 2.24) is 10.3 Å². The molecule has 0 bridgehead atoms. The van der Waals surface area contributed by atoms with Crippen molar-refractivity contribution < 1.29 is 5.11 Å². The Morgan fingerprint density at radius 1 is 1.28 bits per heavy atom. The van der Waals surface area contributed by atoms with E-state index in [1.54, 1.807) is 0 Å². The molecule has 1 aromatic carbocycles. The number of aromatic nitrogens is 1. The summed E-state index contributed by atoms with van der Waals surface area (Å²) in [5.74, 6) is 0.423. The molecular formula is C15H20N2O. The Balaban J connectivity index is 2.17. The normalized spacial score (nSPS) is 13.1. The minimum atomic E-state index is 0.141. The fourth-order valence-corrected chi connectivity index (χ4v) is 2.10. The van der Waals surface area contributed by atoms with Crippen LogP contribution in [0.15, 0.2) is 36.7 Å². The first-order valence-electron chi connectivity index (χ1n) is 6.38. The van der Waals surface area contributed by atoms with Crippen LogP contribution in [-0.4, -0.2) is 22.7 Å². The van der Waals surface area contributed by atoms with Crippen molar-refractivity contribution in [2.45, 2.75) is 26.4 Å². The van der Waals surface area contributed by atoms with Crippen LogP contribution in [-0.2, 0) is 6.54 Å². The maximum Gasteiger partial charge on any atom is 0.0587 e. The number of pyridine rings is 1. The molecule has 0 spiro atoms. The van der Waals surface area contributed by atoms with Gasteiger partial charge in [-0.25, -0.2) is 0 Å². The summed E-state index contributed by atoms with van der Waals surface area (Å²) < 4.78 is 0. The fraction of sp³-hybridized carbons (Fsp3) is 0.400. The van der Waals surface area contributed by atoms with Crippen molar-refractivity contribution in [1.29, 1.82) is 0 Å². The van der Waals surface area contributed by atoms with E-state index in [9.17, 15) is 5.11 Å². The molecule has 0 aliphatic carbocycles. The number of hydrogen-bond donors (Lipinski definition) is 2. The number of benzene rings is 1. The molecule has 2 rings (SSSR count). The molecule has 3 heteroatoms. The van der Waals surface area contributed by atoms with Gasteiger partial charge in [0.2, 0.25) is 0 Å². The lowest BCUT2D eigenvalue weighted by Crippen LogP contribution is -2.36. The minimum absolute atomic E-state index is 0.141. The van der Waals surface area contributed by atoms with Gasteiger partial charge in [-0.15, -0.1) is 0 Å². The van der Waals surface area contributed by atoms with Crippen LogP contribution in [0.25, 0.3) is 10.8 Å². The average molecular weight is 244 g/mol. The number of aliphatic hydroxyl groups is 1. The van der Waals surface area contributed by atoms with Gasteiger partial charge in [-0.3, -0.25) is 4.98 Å². The second kappa shape index (κ2) is 5.94. The van der Waals surface area contributed by atoms with E-state index in [0.717, 1.165) is 11.9 Å². The van der Waals surface area contributed by atoms with Gasteiger partial charge in [0.1, 0.15) is 0 Å². The third kappa shape index (κ3) is 2.86. The molecule has 0 radical (unpaired) electrons. The second-order valence-electron chi connectivity index (χ2n) is 4.93. The molecule has 0 fully saturated rings. The average Bonchev–Trinajstić information content (AvgIpc) is 2.39. The molecule has 0 saturated carbocycles. The van der Waals surface area contributed by atoms with Crippen molar-refractivity contribution in [2.24, 2.45) is 5.92 Å². The van der Waals surface area contributed by atoms with E-state index in [-0.39, 0.29) is 12.6 Å². The smallest absolute Gasteiger partial charge is 0.0587 e. The quantitative estimate of drug-likeness (QED) is 0.848. The monoisotopic (exact) mass is 244 g/mol. The molecule has 18 heavy (non-hydrogen) atoms. The van der Waals surface area contributed by atoms with Crippen molar-refractivity contribution in [3.8, 4) is 0 Å². The lowest BCUT2D eigenvalue weighted by Gasteiger charge is -2.20. The Labute approximate surface area is 108 Å². The van der Waals surface area contributed by atoms with Gasteiger partial charge >= 0.3 is 0 Å². The predicted octanol–water partition coefficient (Wildman–Crippen LogP) is 2.34. The number of fused-ring (bicyclic) bond motifs is 1. The van der Waals surface area contributed by atoms with Gasteiger partial charge in [-0.2, -0.15) is 0 Å². The first-order chi connectivity index (χ1) is 8.72. The van der Waals surface area contributed by atoms with Crippen LogP contribution in [0, 0.1) is 5.92 Å². The summed E-state index contributed by atoms with van der Waals surface area (Å²) in [5, 5.41) is 15.1. The molecule has 96 valence electrons. The van der Waals surface area contributed by atoms with Gasteiger partial charge in [0.05, 0.1) is 6.61 Å². The molecule has 0 aliphatic heterocycles. The SMILES string of the molecule is CC(C)[C@@H](CO)NCc1cccc2cnccc12. The highest BCUT2D eigenvalue weighted by Crippen LogP contribution is 2.17. The van der Waals surface area contributed by atoms with E-state index >= 15 is 0 Å². The second-order valence-corrected chi connectivity index (χ2v) is 4.93. The van der Waals surface area contributed by atoms with Crippen LogP contribution >= 0.6 is 0 Å². The maximum absolute atomic E-state index is 9.32. The zero-order valence-corrected chi connectivity index (χ0v) is 10.9. The van der Waals surface area contributed by atoms with Crippen LogP contribution in [0.5, 0.6) is 0 Å². The molecule has 0 aliphatic rings. The summed E-state index contributed by atoms with van der Waals surface area (Å²) >= 11 is 0. The van der Waals surface area contributed by atoms with Crippen LogP contribution in [0.3, 0.4) is 0 Å². The number of nitrogens with zero attached hydrogens (tertiary/aromatic N) is 1. The van der Waals surface area contributed by atoms with Gasteiger partial charge in [-0.1, -0.05) is 32.0 Å². The third-order valence-electron chi connectivity index (χ3n) is 3.33. The van der Waals surface area contributed by atoms with Crippen LogP contribution in [0.1, 0.15) is 19.4 Å². The van der Waals surface area contributed by atoms with E-state index in [1.807, 2.05) is 24.5 Å². The van der Waals surface area contributed by atoms with Crippen LogP contribution in [0.2, 0.25) is 0 Å². The molecule has 0 unspecified atom stereocenters. The van der Waals surface area contributed by atoms with Gasteiger partial charge < -0.3 is 10.4 Å². The summed E-state index contributed by atoms with van der Waals surface area (Å²) in [7, 11) is 0. The van der Waals surface area contributed by atoms with E-state index < -0.39 is 0 Å². The van der Waals surface area contributed by atoms with Crippen molar-refractivity contribution in [3.05, 3.63) is 42.2 Å². The van der Waals surface area contributed by atoms with E-state index in [0.29, 0.717) is 5.92 Å². The lowest BCUT2D eigenvalue weighted by molar-refractivity contribution is 0.210. The standard InChI is InChI=1S/C15H20N2O/c1-11(2)15(10-18)17-9-13-5-3-4-12-8-16-7-6-14(12)13/h3-8,11,15,17-18H,9-10H2,1-2H3/t15-/m1/s1. The Morgan fingerprint density at radius 2 is 2.11 bits per heavy atom. The summed E-state index contributed by atoms with van der Waals surface area (Å²) in [5.41, 5.74) is 1.24. The molecule has 0 amide bonds. The van der Waals surface area contributed by atoms with E-state index in [1.165, 1.54) is 10.9 Å². The molecular weight excluding hydrogens is 224 g/mol. The van der Waals surface area contributed by atoms with Crippen molar-refractivity contribution in [2.75, 3.05) is 6.61 Å². The highest BCUT2D eigenvalue weighted by Gasteiger charge is 2.11. The molecule has 3 nitrogen and oxygen atoms in total. The predicted molar refractivity (Wildman–Crippen MR) is 74.3 cm³/mol. The Morgan fingerprint density at radius 3 is 2.83 bits per heavy atom. The Hall–Kier alpha value is -1.45. The highest BCUT2D eigenvalue weighted by molar-refractivity contribution is 5.84. The fourth-order valence-electron chi connectivity index (χ4n) is 2.10. The highest BCUT2D eigenvalue weighted by atomic mass is 16.3. The maximum atomic E-state index is 9.32. The zero-order chi connectivity index (χ0) is 13.0. The summed E-state index contributed by atoms with van der Waals surface area (Å²) in [6.45, 7) is 5.16. The first-order valence-corrected chi connectivity index (χ1v) is 6.38. The molecule has 2 aromatic rings. The lowest BCUT2D eigenvalue weighted by atomic mass is 10.0. The van der Waals surface area contributed by atoms with Crippen molar-refractivity contribution in [3.63, 3.8) is 0 Å². The van der Waals surface area contributed by atoms with E-state index in [2.05, 4.69) is 36.3 Å². The molecule has 1 heterocycles. The summed E-state index contributed by atoms with van der Waals surface area (Å²) in [6, 6.07) is 8.41. The molecule has 2 N–H and O–H groups in total. The third-order valence-corrected chi connectivity index (χ3v) is 3.33. The van der Waals surface area contributed by atoms with Gasteiger partial charge in [0, 0.05) is 30.4 Å². The molecule has 1 atom stereocenters. The Bertz CT molecular complexity index is 505. The summed E-state index contributed by atoms with van der Waals surface area (Å²) in [4.78, 5) is 4.13. The van der Waals surface area contributed by atoms with Gasteiger partial charge in [-0.05, 0) is 22.9 Å². The minimum Gasteiger partial charge on any atom is -0.395 e. The summed E-state index contributed by atoms with van der Waals surface area (Å²) in [6.07, 6.45) is 3.70. The number of rotatable bonds is 5. The first kappa shape index (κ1) is 13.0. The van der Waals surface area contributed by atoms with E-state index in [4.69, 9.17) is 0 Å². The zero-order valence-electron chi connectivity index (χ0n) is 10.9. The Kier molecular flexibility index (Phi) is 4.28. The largest absolute Gasteiger partial charge is 0.395 e. The van der Waals surface area contributed by atoms with Gasteiger partial charge in [0.15, 0.2) is 0 Å². The topological polar surface area (TPSA) is 45.1 Å². The number of aliphatic hydroxyl groups excluding tert-OH is 1. The molecule has 0 saturated heterocycles. The number of nitrogens with one attached hydrogen (secondary N) is 1. The van der Waals surface area contributed by atoms with Crippen molar-refractivity contribution >= 4 is 10.8 Å². The molecule has 1 aromatic heterocycles. The van der Waals surface area contributed by atoms with Crippen LogP contribution in [0.4, 0.5) is 0 Å². The van der Waals surface area contributed by atoms with Gasteiger partial charge in [0.25, 0.3) is 0 Å². The number of hydrogen-bond acceptors (Lipinski definition) is 3. The van der Waals surface area contributed by atoms with Crippen LogP contribution < -0.4 is 5.32 Å².